The fourth-order valence-electron chi connectivity index (χ4n) is 2.02. The molecule has 0 heterocycles. The standard InChI is InChI=1S/C14H17NO2/c16-13-9-5-4-8-12(13)10-15-14(17)11-6-2-1-3-7-11/h1-2,4-5,8-9,11,16H,3,6-7,10H2,(H,15,17). The number of phenols is 1. The van der Waals surface area contributed by atoms with Gasteiger partial charge in [-0.3, -0.25) is 4.79 Å². The van der Waals surface area contributed by atoms with Crippen LogP contribution in [0.5, 0.6) is 5.75 Å². The number of carbonyl (C=O) groups excluding carboxylic acids is 1. The first kappa shape index (κ1) is 11.7. The van der Waals surface area contributed by atoms with Crippen molar-refractivity contribution in [3.63, 3.8) is 0 Å². The summed E-state index contributed by atoms with van der Waals surface area (Å²) in [5, 5.41) is 12.4. The Morgan fingerprint density at radius 1 is 1.35 bits per heavy atom. The van der Waals surface area contributed by atoms with Crippen molar-refractivity contribution in [2.24, 2.45) is 5.92 Å². The molecule has 0 spiro atoms. The molecule has 0 radical (unpaired) electrons. The summed E-state index contributed by atoms with van der Waals surface area (Å²) < 4.78 is 0. The van der Waals surface area contributed by atoms with Crippen LogP contribution in [-0.4, -0.2) is 11.0 Å². The summed E-state index contributed by atoms with van der Waals surface area (Å²) in [5.41, 5.74) is 0.757. The minimum Gasteiger partial charge on any atom is -0.508 e. The average Bonchev–Trinajstić information content (AvgIpc) is 2.38. The summed E-state index contributed by atoms with van der Waals surface area (Å²) in [4.78, 5) is 11.9. The first-order valence-electron chi connectivity index (χ1n) is 5.97. The second-order valence-electron chi connectivity index (χ2n) is 4.33. The Labute approximate surface area is 101 Å². The molecule has 1 amide bonds. The molecule has 3 nitrogen and oxygen atoms in total. The van der Waals surface area contributed by atoms with Gasteiger partial charge in [0.05, 0.1) is 0 Å². The molecule has 0 aromatic heterocycles. The first-order valence-corrected chi connectivity index (χ1v) is 5.97. The van der Waals surface area contributed by atoms with E-state index in [1.54, 1.807) is 12.1 Å². The summed E-state index contributed by atoms with van der Waals surface area (Å²) in [6.45, 7) is 0.395. The molecule has 2 rings (SSSR count). The normalized spacial score (nSPS) is 18.9. The third kappa shape index (κ3) is 3.09. The van der Waals surface area contributed by atoms with Crippen LogP contribution in [0, 0.1) is 5.92 Å². The van der Waals surface area contributed by atoms with E-state index in [1.165, 1.54) is 0 Å². The van der Waals surface area contributed by atoms with E-state index in [-0.39, 0.29) is 17.6 Å². The Bertz CT molecular complexity index is 426. The van der Waals surface area contributed by atoms with Crippen LogP contribution in [0.4, 0.5) is 0 Å². The van der Waals surface area contributed by atoms with E-state index in [1.807, 2.05) is 12.1 Å². The molecule has 3 heteroatoms. The Kier molecular flexibility index (Phi) is 3.81. The number of amides is 1. The molecule has 2 N–H and O–H groups in total. The lowest BCUT2D eigenvalue weighted by Crippen LogP contribution is -2.30. The Balaban J connectivity index is 1.88. The molecule has 1 aromatic carbocycles. The van der Waals surface area contributed by atoms with Crippen molar-refractivity contribution in [1.82, 2.24) is 5.32 Å². The van der Waals surface area contributed by atoms with E-state index in [4.69, 9.17) is 0 Å². The van der Waals surface area contributed by atoms with Crippen molar-refractivity contribution in [3.8, 4) is 5.75 Å². The summed E-state index contributed by atoms with van der Waals surface area (Å²) in [5.74, 6) is 0.403. The number of para-hydroxylation sites is 1. The fourth-order valence-corrected chi connectivity index (χ4v) is 2.02. The monoisotopic (exact) mass is 231 g/mol. The van der Waals surface area contributed by atoms with E-state index < -0.39 is 0 Å². The zero-order chi connectivity index (χ0) is 12.1. The Morgan fingerprint density at radius 2 is 2.18 bits per heavy atom. The molecular weight excluding hydrogens is 214 g/mol. The van der Waals surface area contributed by atoms with Crippen LogP contribution in [0.15, 0.2) is 36.4 Å². The third-order valence-corrected chi connectivity index (χ3v) is 3.08. The quantitative estimate of drug-likeness (QED) is 0.785. The van der Waals surface area contributed by atoms with Gasteiger partial charge >= 0.3 is 0 Å². The van der Waals surface area contributed by atoms with Gasteiger partial charge in [-0.15, -0.1) is 0 Å². The zero-order valence-corrected chi connectivity index (χ0v) is 9.73. The average molecular weight is 231 g/mol. The van der Waals surface area contributed by atoms with Crippen LogP contribution in [0.3, 0.4) is 0 Å². The van der Waals surface area contributed by atoms with Crippen LogP contribution in [0.25, 0.3) is 0 Å². The van der Waals surface area contributed by atoms with Gasteiger partial charge in [0.1, 0.15) is 5.75 Å². The molecule has 0 saturated heterocycles. The predicted molar refractivity (Wildman–Crippen MR) is 66.4 cm³/mol. The molecular formula is C14H17NO2. The third-order valence-electron chi connectivity index (χ3n) is 3.08. The summed E-state index contributed by atoms with van der Waals surface area (Å²) in [7, 11) is 0. The largest absolute Gasteiger partial charge is 0.508 e. The van der Waals surface area contributed by atoms with Gasteiger partial charge in [0, 0.05) is 18.0 Å². The molecule has 0 bridgehead atoms. The number of phenolic OH excluding ortho intramolecular Hbond substituents is 1. The highest BCUT2D eigenvalue weighted by Gasteiger charge is 2.18. The lowest BCUT2D eigenvalue weighted by Gasteiger charge is -2.17. The number of hydrogen-bond donors (Lipinski definition) is 2. The maximum absolute atomic E-state index is 11.9. The lowest BCUT2D eigenvalue weighted by molar-refractivity contribution is -0.125. The van der Waals surface area contributed by atoms with E-state index in [2.05, 4.69) is 17.5 Å². The van der Waals surface area contributed by atoms with Crippen LogP contribution in [-0.2, 0) is 11.3 Å². The van der Waals surface area contributed by atoms with E-state index >= 15 is 0 Å². The van der Waals surface area contributed by atoms with Crippen molar-refractivity contribution in [2.75, 3.05) is 0 Å². The molecule has 17 heavy (non-hydrogen) atoms. The minimum atomic E-state index is 0.0811. The summed E-state index contributed by atoms with van der Waals surface area (Å²) in [6, 6.07) is 7.07. The lowest BCUT2D eigenvalue weighted by atomic mass is 9.93. The van der Waals surface area contributed by atoms with E-state index in [0.29, 0.717) is 6.54 Å². The molecule has 1 aliphatic rings. The molecule has 1 aliphatic carbocycles. The van der Waals surface area contributed by atoms with Crippen molar-refractivity contribution in [3.05, 3.63) is 42.0 Å². The molecule has 1 atom stereocenters. The molecule has 0 saturated carbocycles. The second kappa shape index (κ2) is 5.53. The number of benzene rings is 1. The predicted octanol–water partition coefficient (Wildman–Crippen LogP) is 2.36. The fraction of sp³-hybridized carbons (Fsp3) is 0.357. The maximum atomic E-state index is 11.9. The smallest absolute Gasteiger partial charge is 0.223 e. The number of nitrogens with one attached hydrogen (secondary N) is 1. The molecule has 90 valence electrons. The number of aromatic hydroxyl groups is 1. The van der Waals surface area contributed by atoms with Gasteiger partial charge in [0.25, 0.3) is 0 Å². The van der Waals surface area contributed by atoms with Crippen LogP contribution < -0.4 is 5.32 Å². The minimum absolute atomic E-state index is 0.0811. The van der Waals surface area contributed by atoms with Crippen LogP contribution >= 0.6 is 0 Å². The van der Waals surface area contributed by atoms with Gasteiger partial charge in [-0.25, -0.2) is 0 Å². The highest BCUT2D eigenvalue weighted by molar-refractivity contribution is 5.79. The summed E-state index contributed by atoms with van der Waals surface area (Å²) in [6.07, 6.45) is 6.91. The molecule has 1 aromatic rings. The van der Waals surface area contributed by atoms with Crippen LogP contribution in [0.1, 0.15) is 24.8 Å². The van der Waals surface area contributed by atoms with Gasteiger partial charge in [0.15, 0.2) is 0 Å². The number of hydrogen-bond acceptors (Lipinski definition) is 2. The number of allylic oxidation sites excluding steroid dienone is 2. The van der Waals surface area contributed by atoms with Gasteiger partial charge in [-0.2, -0.15) is 0 Å². The van der Waals surface area contributed by atoms with Gasteiger partial charge < -0.3 is 10.4 Å². The van der Waals surface area contributed by atoms with Crippen LogP contribution in [0.2, 0.25) is 0 Å². The molecule has 1 unspecified atom stereocenters. The Hall–Kier alpha value is -1.77. The van der Waals surface area contributed by atoms with Crippen molar-refractivity contribution in [1.29, 1.82) is 0 Å². The number of rotatable bonds is 3. The summed E-state index contributed by atoms with van der Waals surface area (Å²) >= 11 is 0. The SMILES string of the molecule is O=C(NCc1ccccc1O)C1CC=CCC1. The highest BCUT2D eigenvalue weighted by atomic mass is 16.3. The van der Waals surface area contributed by atoms with Gasteiger partial charge in [-0.05, 0) is 25.3 Å². The first-order chi connectivity index (χ1) is 8.27. The van der Waals surface area contributed by atoms with Crippen molar-refractivity contribution >= 4 is 5.91 Å². The van der Waals surface area contributed by atoms with E-state index in [9.17, 15) is 9.90 Å². The zero-order valence-electron chi connectivity index (χ0n) is 9.73. The molecule has 0 fully saturated rings. The van der Waals surface area contributed by atoms with E-state index in [0.717, 1.165) is 24.8 Å². The Morgan fingerprint density at radius 3 is 2.88 bits per heavy atom. The van der Waals surface area contributed by atoms with Gasteiger partial charge in [-0.1, -0.05) is 30.4 Å². The second-order valence-corrected chi connectivity index (χ2v) is 4.33. The maximum Gasteiger partial charge on any atom is 0.223 e. The topological polar surface area (TPSA) is 49.3 Å². The number of carbonyl (C=O) groups is 1. The molecule has 0 aliphatic heterocycles. The van der Waals surface area contributed by atoms with Crippen molar-refractivity contribution < 1.29 is 9.90 Å². The van der Waals surface area contributed by atoms with Crippen molar-refractivity contribution in [2.45, 2.75) is 25.8 Å². The highest BCUT2D eigenvalue weighted by Crippen LogP contribution is 2.19. The van der Waals surface area contributed by atoms with Gasteiger partial charge in [0.2, 0.25) is 5.91 Å².